The van der Waals surface area contributed by atoms with Gasteiger partial charge >= 0.3 is 0 Å². The topological polar surface area (TPSA) is 32.8 Å². The van der Waals surface area contributed by atoms with Crippen LogP contribution in [0.5, 0.6) is 0 Å². The minimum absolute atomic E-state index is 0.0535. The zero-order chi connectivity index (χ0) is 16.4. The largest absolute Gasteiger partial charge is 0.373 e. The van der Waals surface area contributed by atoms with Crippen molar-refractivity contribution < 1.29 is 9.53 Å². The van der Waals surface area contributed by atoms with E-state index in [2.05, 4.69) is 18.7 Å². The van der Waals surface area contributed by atoms with Gasteiger partial charge in [0.2, 0.25) is 0 Å². The molecule has 2 aliphatic rings. The summed E-state index contributed by atoms with van der Waals surface area (Å²) in [5.74, 6) is 0.0535. The normalized spacial score (nSPS) is 27.2. The summed E-state index contributed by atoms with van der Waals surface area (Å²) in [5, 5.41) is 0.537. The van der Waals surface area contributed by atoms with Crippen molar-refractivity contribution in [2.24, 2.45) is 0 Å². The van der Waals surface area contributed by atoms with Crippen LogP contribution in [0.2, 0.25) is 5.02 Å². The van der Waals surface area contributed by atoms with E-state index in [9.17, 15) is 4.79 Å². The Hall–Kier alpha value is -1.10. The molecule has 0 aromatic heterocycles. The number of rotatable bonds is 2. The Morgan fingerprint density at radius 2 is 1.74 bits per heavy atom. The van der Waals surface area contributed by atoms with Gasteiger partial charge < -0.3 is 9.64 Å². The van der Waals surface area contributed by atoms with Crippen molar-refractivity contribution in [3.8, 4) is 0 Å². The van der Waals surface area contributed by atoms with E-state index < -0.39 is 0 Å². The fourth-order valence-corrected chi connectivity index (χ4v) is 3.97. The molecule has 0 aliphatic carbocycles. The quantitative estimate of drug-likeness (QED) is 0.832. The Morgan fingerprint density at radius 1 is 1.13 bits per heavy atom. The van der Waals surface area contributed by atoms with E-state index in [-0.39, 0.29) is 5.91 Å². The molecule has 1 aromatic carbocycles. The highest BCUT2D eigenvalue weighted by molar-refractivity contribution is 6.33. The summed E-state index contributed by atoms with van der Waals surface area (Å²) in [6.07, 6.45) is 2.63. The molecule has 5 heteroatoms. The van der Waals surface area contributed by atoms with Crippen molar-refractivity contribution in [3.05, 3.63) is 34.9 Å². The average Bonchev–Trinajstić information content (AvgIpc) is 2.54. The number of morpholine rings is 1. The molecule has 0 radical (unpaired) electrons. The number of hydrogen-bond acceptors (Lipinski definition) is 3. The highest BCUT2D eigenvalue weighted by Crippen LogP contribution is 2.24. The molecular weight excluding hydrogens is 312 g/mol. The summed E-state index contributed by atoms with van der Waals surface area (Å²) >= 11 is 6.15. The summed E-state index contributed by atoms with van der Waals surface area (Å²) in [4.78, 5) is 17.1. The van der Waals surface area contributed by atoms with E-state index in [0.29, 0.717) is 28.8 Å². The first-order chi connectivity index (χ1) is 11.0. The molecule has 1 aromatic rings. The van der Waals surface area contributed by atoms with Crippen LogP contribution in [-0.2, 0) is 4.74 Å². The number of ether oxygens (including phenoxy) is 1. The Labute approximate surface area is 143 Å². The van der Waals surface area contributed by atoms with Gasteiger partial charge in [-0.25, -0.2) is 0 Å². The Bertz CT molecular complexity index is 548. The molecule has 0 bridgehead atoms. The summed E-state index contributed by atoms with van der Waals surface area (Å²) in [7, 11) is 0. The van der Waals surface area contributed by atoms with E-state index in [1.54, 1.807) is 6.07 Å². The predicted molar refractivity (Wildman–Crippen MR) is 92.0 cm³/mol. The molecule has 23 heavy (non-hydrogen) atoms. The van der Waals surface area contributed by atoms with Crippen LogP contribution >= 0.6 is 11.6 Å². The van der Waals surface area contributed by atoms with Gasteiger partial charge in [0.1, 0.15) is 0 Å². The third kappa shape index (κ3) is 3.87. The zero-order valence-corrected chi connectivity index (χ0v) is 14.6. The van der Waals surface area contributed by atoms with Gasteiger partial charge in [-0.15, -0.1) is 0 Å². The smallest absolute Gasteiger partial charge is 0.255 e. The number of amides is 1. The first kappa shape index (κ1) is 16.7. The fourth-order valence-electron chi connectivity index (χ4n) is 3.75. The third-order valence-electron chi connectivity index (χ3n) is 4.82. The molecule has 0 unspecified atom stereocenters. The van der Waals surface area contributed by atoms with Crippen molar-refractivity contribution in [1.82, 2.24) is 9.80 Å². The second-order valence-electron chi connectivity index (χ2n) is 6.71. The van der Waals surface area contributed by atoms with Crippen LogP contribution in [0.1, 0.15) is 37.0 Å². The van der Waals surface area contributed by atoms with Gasteiger partial charge in [-0.1, -0.05) is 23.7 Å². The standard InChI is InChI=1S/C18H25ClN2O2/c1-13-11-21(12-14(2)23-13)15-7-9-20(10-8-15)18(22)16-5-3-4-6-17(16)19/h3-6,13-15H,7-12H2,1-2H3/t13-,14+. The molecule has 1 amide bonds. The predicted octanol–water partition coefficient (Wildman–Crippen LogP) is 3.05. The summed E-state index contributed by atoms with van der Waals surface area (Å²) in [5.41, 5.74) is 0.612. The van der Waals surface area contributed by atoms with Crippen molar-refractivity contribution in [2.45, 2.75) is 44.9 Å². The molecule has 2 atom stereocenters. The van der Waals surface area contributed by atoms with Gasteiger partial charge in [0.05, 0.1) is 22.8 Å². The van der Waals surface area contributed by atoms with Crippen LogP contribution in [0.4, 0.5) is 0 Å². The number of carbonyl (C=O) groups is 1. The van der Waals surface area contributed by atoms with Crippen molar-refractivity contribution in [3.63, 3.8) is 0 Å². The second kappa shape index (κ2) is 7.20. The average molecular weight is 337 g/mol. The summed E-state index contributed by atoms with van der Waals surface area (Å²) in [6.45, 7) is 7.86. The molecule has 2 saturated heterocycles. The van der Waals surface area contributed by atoms with Crippen LogP contribution in [0.3, 0.4) is 0 Å². The van der Waals surface area contributed by atoms with Gasteiger partial charge in [-0.05, 0) is 38.8 Å². The lowest BCUT2D eigenvalue weighted by Gasteiger charge is -2.43. The van der Waals surface area contributed by atoms with Crippen LogP contribution < -0.4 is 0 Å². The van der Waals surface area contributed by atoms with Crippen LogP contribution in [0, 0.1) is 0 Å². The van der Waals surface area contributed by atoms with Gasteiger partial charge in [-0.3, -0.25) is 9.69 Å². The minimum Gasteiger partial charge on any atom is -0.373 e. The maximum absolute atomic E-state index is 12.6. The van der Waals surface area contributed by atoms with Crippen molar-refractivity contribution in [1.29, 1.82) is 0 Å². The minimum atomic E-state index is 0.0535. The molecule has 3 rings (SSSR count). The first-order valence-corrected chi connectivity index (χ1v) is 8.85. The van der Waals surface area contributed by atoms with Gasteiger partial charge in [-0.2, -0.15) is 0 Å². The fraction of sp³-hybridized carbons (Fsp3) is 0.611. The van der Waals surface area contributed by atoms with E-state index in [0.717, 1.165) is 39.0 Å². The molecule has 2 fully saturated rings. The lowest BCUT2D eigenvalue weighted by atomic mass is 10.0. The molecule has 4 nitrogen and oxygen atoms in total. The SMILES string of the molecule is C[C@@H]1CN(C2CCN(C(=O)c3ccccc3Cl)CC2)C[C@H](C)O1. The lowest BCUT2D eigenvalue weighted by Crippen LogP contribution is -2.53. The highest BCUT2D eigenvalue weighted by atomic mass is 35.5. The molecule has 0 saturated carbocycles. The van der Waals surface area contributed by atoms with Gasteiger partial charge in [0.25, 0.3) is 5.91 Å². The summed E-state index contributed by atoms with van der Waals surface area (Å²) in [6, 6.07) is 7.85. The molecular formula is C18H25ClN2O2. The molecule has 2 heterocycles. The molecule has 0 N–H and O–H groups in total. The first-order valence-electron chi connectivity index (χ1n) is 8.48. The Kier molecular flexibility index (Phi) is 5.24. The third-order valence-corrected chi connectivity index (χ3v) is 5.15. The number of halogens is 1. The van der Waals surface area contributed by atoms with Crippen LogP contribution in [0.15, 0.2) is 24.3 Å². The second-order valence-corrected chi connectivity index (χ2v) is 7.12. The molecule has 0 spiro atoms. The van der Waals surface area contributed by atoms with E-state index in [1.807, 2.05) is 23.1 Å². The van der Waals surface area contributed by atoms with E-state index in [1.165, 1.54) is 0 Å². The number of piperidine rings is 1. The van der Waals surface area contributed by atoms with Crippen LogP contribution in [0.25, 0.3) is 0 Å². The highest BCUT2D eigenvalue weighted by Gasteiger charge is 2.32. The number of benzene rings is 1. The lowest BCUT2D eigenvalue weighted by molar-refractivity contribution is -0.0856. The monoisotopic (exact) mass is 336 g/mol. The van der Waals surface area contributed by atoms with Crippen molar-refractivity contribution in [2.75, 3.05) is 26.2 Å². The van der Waals surface area contributed by atoms with Crippen molar-refractivity contribution >= 4 is 17.5 Å². The van der Waals surface area contributed by atoms with Crippen LogP contribution in [-0.4, -0.2) is 60.1 Å². The Morgan fingerprint density at radius 3 is 2.35 bits per heavy atom. The zero-order valence-electron chi connectivity index (χ0n) is 13.9. The van der Waals surface area contributed by atoms with Gasteiger partial charge in [0.15, 0.2) is 0 Å². The van der Waals surface area contributed by atoms with Gasteiger partial charge in [0, 0.05) is 32.2 Å². The maximum atomic E-state index is 12.6. The van der Waals surface area contributed by atoms with E-state index >= 15 is 0 Å². The number of nitrogens with zero attached hydrogens (tertiary/aromatic N) is 2. The Balaban J connectivity index is 1.58. The number of carbonyl (C=O) groups excluding carboxylic acids is 1. The summed E-state index contributed by atoms with van der Waals surface area (Å²) < 4.78 is 5.82. The molecule has 2 aliphatic heterocycles. The number of likely N-dealkylation sites (tertiary alicyclic amines) is 1. The molecule has 126 valence electrons. The number of hydrogen-bond donors (Lipinski definition) is 0. The maximum Gasteiger partial charge on any atom is 0.255 e. The van der Waals surface area contributed by atoms with E-state index in [4.69, 9.17) is 16.3 Å².